The summed E-state index contributed by atoms with van der Waals surface area (Å²) in [4.78, 5) is 16.9. The second-order valence-corrected chi connectivity index (χ2v) is 7.80. The first kappa shape index (κ1) is 17.9. The molecule has 130 valence electrons. The zero-order valence-corrected chi connectivity index (χ0v) is 15.8. The van der Waals surface area contributed by atoms with E-state index in [9.17, 15) is 4.79 Å². The Morgan fingerprint density at radius 2 is 2.04 bits per heavy atom. The Morgan fingerprint density at radius 3 is 2.88 bits per heavy atom. The van der Waals surface area contributed by atoms with Gasteiger partial charge in [0.1, 0.15) is 10.1 Å². The van der Waals surface area contributed by atoms with Crippen LogP contribution < -0.4 is 10.1 Å². The number of nitrogens with one attached hydrogen (secondary N) is 1. The molecule has 0 aliphatic carbocycles. The molecule has 0 saturated carbocycles. The summed E-state index contributed by atoms with van der Waals surface area (Å²) in [6, 6.07) is 15.7. The van der Waals surface area contributed by atoms with Crippen molar-refractivity contribution in [2.75, 3.05) is 12.9 Å². The van der Waals surface area contributed by atoms with Gasteiger partial charge < -0.3 is 10.1 Å². The van der Waals surface area contributed by atoms with Gasteiger partial charge in [0.15, 0.2) is 0 Å². The molecule has 0 bridgehead atoms. The van der Waals surface area contributed by atoms with Gasteiger partial charge in [-0.2, -0.15) is 0 Å². The second kappa shape index (κ2) is 8.45. The number of para-hydroxylation sites is 2. The van der Waals surface area contributed by atoms with Crippen LogP contribution >= 0.6 is 23.5 Å². The lowest BCUT2D eigenvalue weighted by atomic mass is 10.1. The maximum atomic E-state index is 12.3. The molecule has 3 rings (SSSR count). The molecule has 25 heavy (non-hydrogen) atoms. The highest BCUT2D eigenvalue weighted by Crippen LogP contribution is 2.34. The van der Waals surface area contributed by atoms with Gasteiger partial charge in [-0.1, -0.05) is 59.9 Å². The standard InChI is InChI=1S/C19H20N2O2S2/c1-13(15-8-4-6-10-17(15)23-2)20-18(22)12-25-19-21-16-9-5-3-7-14(16)11-24-19/h3-10,13H,11-12H2,1-2H3,(H,20,22)/t13-/m1/s1. The molecule has 0 spiro atoms. The predicted molar refractivity (Wildman–Crippen MR) is 107 cm³/mol. The Hall–Kier alpha value is -1.92. The van der Waals surface area contributed by atoms with Crippen LogP contribution in [0.2, 0.25) is 0 Å². The zero-order chi connectivity index (χ0) is 17.6. The monoisotopic (exact) mass is 372 g/mol. The van der Waals surface area contributed by atoms with Crippen LogP contribution in [0.3, 0.4) is 0 Å². The maximum absolute atomic E-state index is 12.3. The number of nitrogens with zero attached hydrogens (tertiary/aromatic N) is 1. The summed E-state index contributed by atoms with van der Waals surface area (Å²) in [5.74, 6) is 2.03. The summed E-state index contributed by atoms with van der Waals surface area (Å²) in [6.45, 7) is 1.96. The number of carbonyl (C=O) groups is 1. The number of amides is 1. The van der Waals surface area contributed by atoms with Crippen LogP contribution in [0.25, 0.3) is 0 Å². The van der Waals surface area contributed by atoms with Crippen molar-refractivity contribution in [3.05, 3.63) is 59.7 Å². The molecular formula is C19H20N2O2S2. The quantitative estimate of drug-likeness (QED) is 0.837. The van der Waals surface area contributed by atoms with Crippen LogP contribution in [-0.4, -0.2) is 23.1 Å². The molecule has 6 heteroatoms. The molecule has 4 nitrogen and oxygen atoms in total. The van der Waals surface area contributed by atoms with Crippen molar-refractivity contribution < 1.29 is 9.53 Å². The van der Waals surface area contributed by atoms with E-state index in [0.29, 0.717) is 5.75 Å². The Kier molecular flexibility index (Phi) is 6.04. The van der Waals surface area contributed by atoms with Crippen LogP contribution in [0, 0.1) is 0 Å². The minimum Gasteiger partial charge on any atom is -0.496 e. The number of carbonyl (C=O) groups excluding carboxylic acids is 1. The number of thioether (sulfide) groups is 2. The van der Waals surface area contributed by atoms with Gasteiger partial charge in [-0.3, -0.25) is 4.79 Å². The number of fused-ring (bicyclic) bond motifs is 1. The zero-order valence-electron chi connectivity index (χ0n) is 14.2. The highest BCUT2D eigenvalue weighted by atomic mass is 32.2. The van der Waals surface area contributed by atoms with E-state index < -0.39 is 0 Å². The van der Waals surface area contributed by atoms with Crippen molar-refractivity contribution >= 4 is 39.5 Å². The summed E-state index contributed by atoms with van der Waals surface area (Å²) < 4.78 is 6.30. The minimum atomic E-state index is -0.106. The van der Waals surface area contributed by atoms with Crippen molar-refractivity contribution in [1.82, 2.24) is 5.32 Å². The SMILES string of the molecule is COc1ccccc1[C@@H](C)NC(=O)CSC1=Nc2ccccc2CS1. The Labute approximate surface area is 156 Å². The lowest BCUT2D eigenvalue weighted by molar-refractivity contribution is -0.119. The summed E-state index contributed by atoms with van der Waals surface area (Å²) in [5, 5.41) is 3.03. The van der Waals surface area contributed by atoms with Gasteiger partial charge in [-0.05, 0) is 24.6 Å². The molecule has 0 radical (unpaired) electrons. The average molecular weight is 373 g/mol. The fourth-order valence-corrected chi connectivity index (χ4v) is 4.47. The number of aliphatic imine (C=N–C) groups is 1. The maximum Gasteiger partial charge on any atom is 0.230 e. The molecule has 2 aromatic rings. The fraction of sp³-hybridized carbons (Fsp3) is 0.263. The lowest BCUT2D eigenvalue weighted by Crippen LogP contribution is -2.28. The van der Waals surface area contributed by atoms with E-state index in [1.165, 1.54) is 17.3 Å². The topological polar surface area (TPSA) is 50.7 Å². The van der Waals surface area contributed by atoms with Crippen LogP contribution in [0.15, 0.2) is 53.5 Å². The van der Waals surface area contributed by atoms with E-state index in [1.807, 2.05) is 49.4 Å². The molecular weight excluding hydrogens is 352 g/mol. The summed E-state index contributed by atoms with van der Waals surface area (Å²) in [7, 11) is 1.64. The third kappa shape index (κ3) is 4.58. The number of methoxy groups -OCH3 is 1. The number of hydrogen-bond donors (Lipinski definition) is 1. The van der Waals surface area contributed by atoms with Crippen molar-refractivity contribution in [2.24, 2.45) is 4.99 Å². The van der Waals surface area contributed by atoms with E-state index in [-0.39, 0.29) is 11.9 Å². The van der Waals surface area contributed by atoms with Crippen molar-refractivity contribution in [3.8, 4) is 5.75 Å². The molecule has 1 amide bonds. The molecule has 1 heterocycles. The first-order valence-corrected chi connectivity index (χ1v) is 9.99. The van der Waals surface area contributed by atoms with E-state index in [0.717, 1.165) is 27.1 Å². The number of benzene rings is 2. The molecule has 1 aliphatic rings. The highest BCUT2D eigenvalue weighted by molar-refractivity contribution is 8.38. The van der Waals surface area contributed by atoms with Crippen LogP contribution in [0.4, 0.5) is 5.69 Å². The number of hydrogen-bond acceptors (Lipinski definition) is 5. The van der Waals surface area contributed by atoms with E-state index in [2.05, 4.69) is 16.4 Å². The van der Waals surface area contributed by atoms with Crippen LogP contribution in [-0.2, 0) is 10.5 Å². The minimum absolute atomic E-state index is 0.00874. The van der Waals surface area contributed by atoms with Crippen molar-refractivity contribution in [3.63, 3.8) is 0 Å². The van der Waals surface area contributed by atoms with E-state index >= 15 is 0 Å². The van der Waals surface area contributed by atoms with Gasteiger partial charge in [-0.25, -0.2) is 4.99 Å². The lowest BCUT2D eigenvalue weighted by Gasteiger charge is -2.18. The predicted octanol–water partition coefficient (Wildman–Crippen LogP) is 4.54. The molecule has 1 atom stereocenters. The molecule has 0 saturated heterocycles. The molecule has 2 aromatic carbocycles. The third-order valence-electron chi connectivity index (χ3n) is 3.86. The van der Waals surface area contributed by atoms with Gasteiger partial charge in [0.2, 0.25) is 5.91 Å². The smallest absolute Gasteiger partial charge is 0.230 e. The fourth-order valence-electron chi connectivity index (χ4n) is 2.60. The first-order chi connectivity index (χ1) is 12.2. The number of rotatable bonds is 5. The molecule has 0 aromatic heterocycles. The van der Waals surface area contributed by atoms with Gasteiger partial charge in [0, 0.05) is 11.3 Å². The van der Waals surface area contributed by atoms with Crippen LogP contribution in [0.5, 0.6) is 5.75 Å². The third-order valence-corrected chi connectivity index (χ3v) is 6.11. The van der Waals surface area contributed by atoms with Gasteiger partial charge in [-0.15, -0.1) is 0 Å². The second-order valence-electron chi connectivity index (χ2n) is 5.61. The van der Waals surface area contributed by atoms with Gasteiger partial charge >= 0.3 is 0 Å². The summed E-state index contributed by atoms with van der Waals surface area (Å²) in [5.41, 5.74) is 3.22. The molecule has 0 fully saturated rings. The molecule has 0 unspecified atom stereocenters. The normalized spacial score (nSPS) is 14.2. The van der Waals surface area contributed by atoms with Crippen molar-refractivity contribution in [2.45, 2.75) is 18.7 Å². The first-order valence-electron chi connectivity index (χ1n) is 8.02. The van der Waals surface area contributed by atoms with Crippen LogP contribution in [0.1, 0.15) is 24.1 Å². The highest BCUT2D eigenvalue weighted by Gasteiger charge is 2.16. The Morgan fingerprint density at radius 1 is 1.28 bits per heavy atom. The molecule has 1 N–H and O–H groups in total. The van der Waals surface area contributed by atoms with Gasteiger partial charge in [0.25, 0.3) is 0 Å². The molecule has 1 aliphatic heterocycles. The Balaban J connectivity index is 1.56. The van der Waals surface area contributed by atoms with Crippen molar-refractivity contribution in [1.29, 1.82) is 0 Å². The summed E-state index contributed by atoms with van der Waals surface area (Å²) in [6.07, 6.45) is 0. The van der Waals surface area contributed by atoms with E-state index in [4.69, 9.17) is 4.74 Å². The number of ether oxygens (including phenoxy) is 1. The largest absolute Gasteiger partial charge is 0.496 e. The van der Waals surface area contributed by atoms with Gasteiger partial charge in [0.05, 0.1) is 24.6 Å². The summed E-state index contributed by atoms with van der Waals surface area (Å²) >= 11 is 3.17. The Bertz CT molecular complexity index is 792. The average Bonchev–Trinajstić information content (AvgIpc) is 2.66. The van der Waals surface area contributed by atoms with E-state index in [1.54, 1.807) is 18.9 Å².